The maximum absolute atomic E-state index is 11.8. The summed E-state index contributed by atoms with van der Waals surface area (Å²) in [6.07, 6.45) is 3.12. The van der Waals surface area contributed by atoms with Crippen LogP contribution < -0.4 is 5.32 Å². The molecule has 0 radical (unpaired) electrons. The normalized spacial score (nSPS) is 9.39. The van der Waals surface area contributed by atoms with Crippen LogP contribution in [0.1, 0.15) is 15.9 Å². The van der Waals surface area contributed by atoms with E-state index in [0.29, 0.717) is 11.3 Å². The maximum Gasteiger partial charge on any atom is 0.255 e. The van der Waals surface area contributed by atoms with Gasteiger partial charge in [-0.25, -0.2) is 0 Å². The Balaban J connectivity index is 2.07. The van der Waals surface area contributed by atoms with Gasteiger partial charge in [0.05, 0.1) is 11.9 Å². The second-order valence-electron chi connectivity index (χ2n) is 3.48. The van der Waals surface area contributed by atoms with Crippen molar-refractivity contribution in [3.8, 4) is 11.8 Å². The number of amides is 1. The van der Waals surface area contributed by atoms with E-state index in [1.165, 1.54) is 6.20 Å². The molecule has 1 aromatic carbocycles. The molecule has 0 aliphatic heterocycles. The number of hydrogen-bond acceptors (Lipinski definition) is 3. The molecule has 1 amide bonds. The number of hydrogen-bond donors (Lipinski definition) is 3. The van der Waals surface area contributed by atoms with Crippen molar-refractivity contribution in [1.82, 2.24) is 10.2 Å². The van der Waals surface area contributed by atoms with Crippen molar-refractivity contribution in [2.45, 2.75) is 0 Å². The molecule has 0 saturated heterocycles. The molecule has 5 heteroatoms. The van der Waals surface area contributed by atoms with E-state index in [0.717, 1.165) is 5.56 Å². The number of benzene rings is 1. The molecule has 90 valence electrons. The van der Waals surface area contributed by atoms with Crippen LogP contribution in [0.4, 0.5) is 5.69 Å². The minimum absolute atomic E-state index is 0.178. The van der Waals surface area contributed by atoms with Gasteiger partial charge in [-0.2, -0.15) is 5.10 Å². The van der Waals surface area contributed by atoms with Crippen molar-refractivity contribution in [1.29, 1.82) is 0 Å². The molecule has 5 nitrogen and oxygen atoms in total. The quantitative estimate of drug-likeness (QED) is 0.686. The summed E-state index contributed by atoms with van der Waals surface area (Å²) in [4.78, 5) is 11.8. The lowest BCUT2D eigenvalue weighted by Crippen LogP contribution is -2.11. The summed E-state index contributed by atoms with van der Waals surface area (Å²) >= 11 is 0. The molecule has 2 rings (SSSR count). The van der Waals surface area contributed by atoms with Crippen LogP contribution in [-0.2, 0) is 0 Å². The van der Waals surface area contributed by atoms with Gasteiger partial charge in [-0.1, -0.05) is 11.8 Å². The van der Waals surface area contributed by atoms with Gasteiger partial charge in [-0.3, -0.25) is 9.89 Å². The molecule has 0 aliphatic rings. The Morgan fingerprint density at radius 2 is 2.17 bits per heavy atom. The average molecular weight is 241 g/mol. The maximum atomic E-state index is 11.8. The second kappa shape index (κ2) is 5.66. The molecule has 3 N–H and O–H groups in total. The summed E-state index contributed by atoms with van der Waals surface area (Å²) in [5.74, 6) is 5.09. The average Bonchev–Trinajstić information content (AvgIpc) is 2.89. The summed E-state index contributed by atoms with van der Waals surface area (Å²) < 4.78 is 0. The molecular formula is C13H11N3O2. The van der Waals surface area contributed by atoms with Gasteiger partial charge in [0.25, 0.3) is 5.91 Å². The Bertz CT molecular complexity index is 577. The summed E-state index contributed by atoms with van der Waals surface area (Å²) in [6.45, 7) is -0.178. The predicted molar refractivity (Wildman–Crippen MR) is 66.9 cm³/mol. The third kappa shape index (κ3) is 2.97. The summed E-state index contributed by atoms with van der Waals surface area (Å²) in [7, 11) is 0. The SMILES string of the molecule is O=C(Nc1cn[nH]c1)c1ccc(C#CCO)cc1. The fourth-order valence-electron chi connectivity index (χ4n) is 1.37. The Morgan fingerprint density at radius 3 is 2.78 bits per heavy atom. The number of aliphatic hydroxyl groups excluding tert-OH is 1. The van der Waals surface area contributed by atoms with Gasteiger partial charge >= 0.3 is 0 Å². The van der Waals surface area contributed by atoms with Gasteiger partial charge in [0.2, 0.25) is 0 Å². The van der Waals surface area contributed by atoms with Gasteiger partial charge in [-0.05, 0) is 24.3 Å². The van der Waals surface area contributed by atoms with Crippen molar-refractivity contribution < 1.29 is 9.90 Å². The molecule has 0 unspecified atom stereocenters. The zero-order valence-corrected chi connectivity index (χ0v) is 9.47. The molecule has 2 aromatic rings. The lowest BCUT2D eigenvalue weighted by molar-refractivity contribution is 0.102. The van der Waals surface area contributed by atoms with E-state index in [1.54, 1.807) is 30.5 Å². The van der Waals surface area contributed by atoms with E-state index in [1.807, 2.05) is 0 Å². The fraction of sp³-hybridized carbons (Fsp3) is 0.0769. The lowest BCUT2D eigenvalue weighted by Gasteiger charge is -2.01. The van der Waals surface area contributed by atoms with Crippen molar-refractivity contribution in [3.63, 3.8) is 0 Å². The van der Waals surface area contributed by atoms with Crippen LogP contribution in [0.25, 0.3) is 0 Å². The number of H-pyrrole nitrogens is 1. The summed E-state index contributed by atoms with van der Waals surface area (Å²) in [6, 6.07) is 6.81. The largest absolute Gasteiger partial charge is 0.384 e. The van der Waals surface area contributed by atoms with E-state index in [4.69, 9.17) is 5.11 Å². The first-order valence-electron chi connectivity index (χ1n) is 5.29. The smallest absolute Gasteiger partial charge is 0.255 e. The molecule has 0 aliphatic carbocycles. The van der Waals surface area contributed by atoms with Gasteiger partial charge in [0, 0.05) is 17.3 Å². The highest BCUT2D eigenvalue weighted by Crippen LogP contribution is 2.07. The predicted octanol–water partition coefficient (Wildman–Crippen LogP) is 1.01. The molecule has 0 atom stereocenters. The third-order valence-electron chi connectivity index (χ3n) is 2.21. The van der Waals surface area contributed by atoms with E-state index in [2.05, 4.69) is 27.4 Å². The number of carbonyl (C=O) groups excluding carboxylic acids is 1. The van der Waals surface area contributed by atoms with Crippen molar-refractivity contribution >= 4 is 11.6 Å². The van der Waals surface area contributed by atoms with Gasteiger partial charge in [-0.15, -0.1) is 0 Å². The van der Waals surface area contributed by atoms with Gasteiger partial charge < -0.3 is 10.4 Å². The number of aliphatic hydroxyl groups is 1. The first-order valence-corrected chi connectivity index (χ1v) is 5.29. The zero-order valence-electron chi connectivity index (χ0n) is 9.47. The van der Waals surface area contributed by atoms with Crippen LogP contribution >= 0.6 is 0 Å². The van der Waals surface area contributed by atoms with E-state index >= 15 is 0 Å². The molecule has 0 fully saturated rings. The molecule has 1 heterocycles. The van der Waals surface area contributed by atoms with Crippen LogP contribution in [0.3, 0.4) is 0 Å². The van der Waals surface area contributed by atoms with E-state index in [9.17, 15) is 4.79 Å². The van der Waals surface area contributed by atoms with Crippen LogP contribution in [0, 0.1) is 11.8 Å². The molecule has 0 saturated carbocycles. The van der Waals surface area contributed by atoms with E-state index < -0.39 is 0 Å². The molecule has 18 heavy (non-hydrogen) atoms. The highest BCUT2D eigenvalue weighted by molar-refractivity contribution is 6.04. The van der Waals surface area contributed by atoms with E-state index in [-0.39, 0.29) is 12.5 Å². The van der Waals surface area contributed by atoms with Gasteiger partial charge in [0.1, 0.15) is 6.61 Å². The number of nitrogens with zero attached hydrogens (tertiary/aromatic N) is 1. The first kappa shape index (κ1) is 11.9. The minimum Gasteiger partial charge on any atom is -0.384 e. The summed E-state index contributed by atoms with van der Waals surface area (Å²) in [5.41, 5.74) is 1.90. The number of aromatic nitrogens is 2. The lowest BCUT2D eigenvalue weighted by atomic mass is 10.1. The Morgan fingerprint density at radius 1 is 1.39 bits per heavy atom. The number of aromatic amines is 1. The van der Waals surface area contributed by atoms with Crippen molar-refractivity contribution in [3.05, 3.63) is 47.8 Å². The zero-order chi connectivity index (χ0) is 12.8. The minimum atomic E-state index is -0.210. The standard InChI is InChI=1S/C13H11N3O2/c17-7-1-2-10-3-5-11(6-4-10)13(18)16-12-8-14-15-9-12/h3-6,8-9,17H,7H2,(H,14,15)(H,16,18). The number of rotatable bonds is 2. The summed E-state index contributed by atoms with van der Waals surface area (Å²) in [5, 5.41) is 17.6. The Labute approximate surface area is 104 Å². The second-order valence-corrected chi connectivity index (χ2v) is 3.48. The molecule has 1 aromatic heterocycles. The van der Waals surface area contributed by atoms with Crippen molar-refractivity contribution in [2.24, 2.45) is 0 Å². The Hall–Kier alpha value is -2.58. The molecule has 0 spiro atoms. The van der Waals surface area contributed by atoms with Crippen LogP contribution in [0.15, 0.2) is 36.7 Å². The van der Waals surface area contributed by atoms with Gasteiger partial charge in [0.15, 0.2) is 0 Å². The van der Waals surface area contributed by atoms with Crippen molar-refractivity contribution in [2.75, 3.05) is 11.9 Å². The third-order valence-corrected chi connectivity index (χ3v) is 2.21. The van der Waals surface area contributed by atoms with Crippen LogP contribution in [0.2, 0.25) is 0 Å². The molecular weight excluding hydrogens is 230 g/mol. The Kier molecular flexibility index (Phi) is 3.74. The topological polar surface area (TPSA) is 78.0 Å². The number of anilines is 1. The molecule has 0 bridgehead atoms. The highest BCUT2D eigenvalue weighted by Gasteiger charge is 2.05. The monoisotopic (exact) mass is 241 g/mol. The fourth-order valence-corrected chi connectivity index (χ4v) is 1.37. The highest BCUT2D eigenvalue weighted by atomic mass is 16.2. The van der Waals surface area contributed by atoms with Crippen LogP contribution in [-0.4, -0.2) is 27.8 Å². The number of nitrogens with one attached hydrogen (secondary N) is 2. The van der Waals surface area contributed by atoms with Crippen LogP contribution in [0.5, 0.6) is 0 Å². The number of carbonyl (C=O) groups is 1. The first-order chi connectivity index (χ1) is 8.79.